The van der Waals surface area contributed by atoms with Crippen LogP contribution < -0.4 is 15.5 Å². The summed E-state index contributed by atoms with van der Waals surface area (Å²) in [5, 5.41) is 13.1. The molecule has 1 saturated heterocycles. The van der Waals surface area contributed by atoms with Crippen molar-refractivity contribution in [1.82, 2.24) is 20.5 Å². The van der Waals surface area contributed by atoms with Crippen LogP contribution in [0.3, 0.4) is 0 Å². The normalized spacial score (nSPS) is 17.2. The highest BCUT2D eigenvalue weighted by molar-refractivity contribution is 6.01. The van der Waals surface area contributed by atoms with Gasteiger partial charge in [0.15, 0.2) is 11.6 Å². The van der Waals surface area contributed by atoms with E-state index in [2.05, 4.69) is 25.8 Å². The Kier molecular flexibility index (Phi) is 5.12. The highest BCUT2D eigenvalue weighted by atomic mass is 16.6. The van der Waals surface area contributed by atoms with Crippen molar-refractivity contribution in [3.8, 4) is 0 Å². The number of pyridine rings is 1. The Morgan fingerprint density at radius 3 is 2.78 bits per heavy atom. The van der Waals surface area contributed by atoms with Crippen molar-refractivity contribution in [3.63, 3.8) is 0 Å². The van der Waals surface area contributed by atoms with Crippen LogP contribution >= 0.6 is 0 Å². The second-order valence-corrected chi connectivity index (χ2v) is 7.54. The first-order valence-electron chi connectivity index (χ1n) is 10.2. The number of rotatable bonds is 6. The summed E-state index contributed by atoms with van der Waals surface area (Å²) in [6.07, 6.45) is 2.93. The van der Waals surface area contributed by atoms with Crippen LogP contribution in [0.4, 0.5) is 16.3 Å². The first kappa shape index (κ1) is 19.9. The van der Waals surface area contributed by atoms with Gasteiger partial charge in [-0.1, -0.05) is 12.1 Å². The summed E-state index contributed by atoms with van der Waals surface area (Å²) < 4.78 is 4.94. The number of hydrogen-bond donors (Lipinski definition) is 3. The lowest BCUT2D eigenvalue weighted by Crippen LogP contribution is -2.23. The molecule has 3 aromatic rings. The van der Waals surface area contributed by atoms with Gasteiger partial charge in [-0.3, -0.25) is 29.9 Å². The molecule has 1 aromatic carbocycles. The lowest BCUT2D eigenvalue weighted by molar-refractivity contribution is -0.115. The second kappa shape index (κ2) is 8.23. The third-order valence-corrected chi connectivity index (χ3v) is 5.51. The number of cyclic esters (lactones) is 1. The largest absolute Gasteiger partial charge is 0.447 e. The topological polar surface area (TPSA) is 129 Å². The van der Waals surface area contributed by atoms with Crippen molar-refractivity contribution < 1.29 is 19.1 Å². The maximum Gasteiger partial charge on any atom is 0.414 e. The van der Waals surface area contributed by atoms with Crippen LogP contribution in [0.2, 0.25) is 0 Å². The van der Waals surface area contributed by atoms with E-state index in [1.807, 2.05) is 0 Å². The van der Waals surface area contributed by atoms with Crippen molar-refractivity contribution in [3.05, 3.63) is 71.2 Å². The quantitative estimate of drug-likeness (QED) is 0.508. The second-order valence-electron chi connectivity index (χ2n) is 7.54. The number of nitrogens with zero attached hydrogens (tertiary/aromatic N) is 3. The lowest BCUT2D eigenvalue weighted by atomic mass is 10.0. The SMILES string of the molecule is O=C(Cc1ccc(N2CCOC2=O)cc1)Nc1n[nH]c2c1CNC2C(=O)c1cccnc1. The molecule has 32 heavy (non-hydrogen) atoms. The summed E-state index contributed by atoms with van der Waals surface area (Å²) >= 11 is 0. The number of carbonyl (C=O) groups excluding carboxylic acids is 3. The van der Waals surface area contributed by atoms with E-state index in [1.165, 1.54) is 6.20 Å². The maximum absolute atomic E-state index is 12.8. The fraction of sp³-hybridized carbons (Fsp3) is 0.227. The van der Waals surface area contributed by atoms with Gasteiger partial charge in [0, 0.05) is 35.8 Å². The molecule has 162 valence electrons. The average Bonchev–Trinajstić information content (AvgIpc) is 3.52. The van der Waals surface area contributed by atoms with Crippen LogP contribution in [0.5, 0.6) is 0 Å². The van der Waals surface area contributed by atoms with E-state index in [0.29, 0.717) is 36.8 Å². The predicted molar refractivity (Wildman–Crippen MR) is 114 cm³/mol. The highest BCUT2D eigenvalue weighted by Gasteiger charge is 2.33. The molecule has 0 aliphatic carbocycles. The monoisotopic (exact) mass is 432 g/mol. The molecule has 1 fully saturated rings. The van der Waals surface area contributed by atoms with Crippen molar-refractivity contribution >= 4 is 29.3 Å². The minimum atomic E-state index is -0.558. The highest BCUT2D eigenvalue weighted by Crippen LogP contribution is 2.31. The van der Waals surface area contributed by atoms with E-state index >= 15 is 0 Å². The summed E-state index contributed by atoms with van der Waals surface area (Å²) in [7, 11) is 0. The predicted octanol–water partition coefficient (Wildman–Crippen LogP) is 1.97. The number of carbonyl (C=O) groups is 3. The smallest absolute Gasteiger partial charge is 0.414 e. The van der Waals surface area contributed by atoms with Crippen LogP contribution in [0, 0.1) is 0 Å². The number of H-pyrrole nitrogens is 1. The van der Waals surface area contributed by atoms with Crippen molar-refractivity contribution in [2.24, 2.45) is 0 Å². The van der Waals surface area contributed by atoms with Gasteiger partial charge in [-0.2, -0.15) is 5.10 Å². The minimum Gasteiger partial charge on any atom is -0.447 e. The molecule has 0 bridgehead atoms. The molecule has 4 heterocycles. The van der Waals surface area contributed by atoms with Crippen LogP contribution in [0.15, 0.2) is 48.8 Å². The Morgan fingerprint density at radius 1 is 1.22 bits per heavy atom. The molecular weight excluding hydrogens is 412 g/mol. The van der Waals surface area contributed by atoms with Gasteiger partial charge in [-0.25, -0.2) is 4.79 Å². The van der Waals surface area contributed by atoms with Crippen LogP contribution in [-0.4, -0.2) is 46.1 Å². The number of hydrogen-bond acceptors (Lipinski definition) is 7. The number of anilines is 2. The molecule has 1 atom stereocenters. The van der Waals surface area contributed by atoms with Gasteiger partial charge in [0.2, 0.25) is 5.91 Å². The number of benzene rings is 1. The number of amides is 2. The molecule has 2 aromatic heterocycles. The lowest BCUT2D eigenvalue weighted by Gasteiger charge is -2.13. The molecule has 0 saturated carbocycles. The summed E-state index contributed by atoms with van der Waals surface area (Å²) in [6, 6.07) is 10.1. The van der Waals surface area contributed by atoms with Gasteiger partial charge in [0.1, 0.15) is 12.6 Å². The van der Waals surface area contributed by atoms with E-state index < -0.39 is 6.04 Å². The zero-order valence-electron chi connectivity index (χ0n) is 17.0. The van der Waals surface area contributed by atoms with E-state index in [-0.39, 0.29) is 24.2 Å². The van der Waals surface area contributed by atoms with E-state index in [9.17, 15) is 14.4 Å². The fourth-order valence-corrected chi connectivity index (χ4v) is 3.89. The van der Waals surface area contributed by atoms with E-state index in [1.54, 1.807) is 47.5 Å². The number of ketones is 1. The minimum absolute atomic E-state index is 0.111. The Hall–Kier alpha value is -4.05. The van der Waals surface area contributed by atoms with Gasteiger partial charge >= 0.3 is 6.09 Å². The van der Waals surface area contributed by atoms with Gasteiger partial charge in [0.25, 0.3) is 0 Å². The Balaban J connectivity index is 1.23. The first-order chi connectivity index (χ1) is 15.6. The number of aromatic amines is 1. The van der Waals surface area contributed by atoms with Gasteiger partial charge in [-0.05, 0) is 29.8 Å². The Morgan fingerprint density at radius 2 is 2.06 bits per heavy atom. The number of ether oxygens (including phenoxy) is 1. The number of Topliss-reactive ketones (excluding diaryl/α,β-unsaturated/α-hetero) is 1. The van der Waals surface area contributed by atoms with Crippen molar-refractivity contribution in [2.45, 2.75) is 19.0 Å². The molecule has 10 heteroatoms. The zero-order chi connectivity index (χ0) is 22.1. The summed E-state index contributed by atoms with van der Waals surface area (Å²) in [6.45, 7) is 1.31. The molecule has 2 amide bonds. The third kappa shape index (κ3) is 3.71. The van der Waals surface area contributed by atoms with E-state index in [0.717, 1.165) is 16.8 Å². The van der Waals surface area contributed by atoms with E-state index in [4.69, 9.17) is 4.74 Å². The van der Waals surface area contributed by atoms with Crippen molar-refractivity contribution in [2.75, 3.05) is 23.4 Å². The van der Waals surface area contributed by atoms with Gasteiger partial charge < -0.3 is 10.1 Å². The average molecular weight is 432 g/mol. The molecule has 5 rings (SSSR count). The Bertz CT molecular complexity index is 1170. The number of aromatic nitrogens is 3. The molecule has 0 spiro atoms. The van der Waals surface area contributed by atoms with Crippen molar-refractivity contribution in [1.29, 1.82) is 0 Å². The fourth-order valence-electron chi connectivity index (χ4n) is 3.89. The van der Waals surface area contributed by atoms with Crippen LogP contribution in [0.1, 0.15) is 33.2 Å². The zero-order valence-corrected chi connectivity index (χ0v) is 17.0. The summed E-state index contributed by atoms with van der Waals surface area (Å²) in [4.78, 5) is 42.5. The van der Waals surface area contributed by atoms with Gasteiger partial charge in [0.05, 0.1) is 18.7 Å². The van der Waals surface area contributed by atoms with Crippen LogP contribution in [-0.2, 0) is 22.5 Å². The van der Waals surface area contributed by atoms with Gasteiger partial charge in [-0.15, -0.1) is 0 Å². The number of fused-ring (bicyclic) bond motifs is 1. The van der Waals surface area contributed by atoms with Crippen LogP contribution in [0.25, 0.3) is 0 Å². The standard InChI is InChI=1S/C22H20N6O4/c29-17(10-13-3-5-15(6-4-13)28-8-9-32-22(28)31)25-21-16-12-24-19(18(16)26-27-21)20(30)14-2-1-7-23-11-14/h1-7,11,19,24H,8-10,12H2,(H2,25,26,27,29). The third-order valence-electron chi connectivity index (χ3n) is 5.51. The molecule has 3 N–H and O–H groups in total. The maximum atomic E-state index is 12.8. The Labute approximate surface area is 183 Å². The molecule has 0 radical (unpaired) electrons. The molecular formula is C22H20N6O4. The molecule has 10 nitrogen and oxygen atoms in total. The molecule has 1 unspecified atom stereocenters. The summed E-state index contributed by atoms with van der Waals surface area (Å²) in [5.41, 5.74) is 3.45. The summed E-state index contributed by atoms with van der Waals surface area (Å²) in [5.74, 6) is 0.0745. The molecule has 2 aliphatic rings. The number of nitrogens with one attached hydrogen (secondary N) is 3. The molecule has 2 aliphatic heterocycles. The first-order valence-corrected chi connectivity index (χ1v) is 10.2.